The number of carbonyl (C=O) groups is 6. The first kappa shape index (κ1) is 39.9. The van der Waals surface area contributed by atoms with E-state index in [1.807, 2.05) is 6.07 Å². The standard InChI is InChI=1S/C41H52N12O6/c1-44-21-26(20-42)46-36-34(35(43)55)45-22-32(47-36)51-13-2-3-28(24-51)52-18-12-41(40(52)59)10-16-49(17-11-41)23-25-8-14-50(15-9-25)27-4-5-29-30(19-27)39(58)53(38(29)57)31-6-7-33(54)48-37(31)56/h4-5,19-22,25,28,31H,2-3,6-18,23-24,42H2,1H3,(H2,43,55)(H,46,47)(H,48,54,56)/b26-20+,44-21?. The number of imide groups is 2. The molecule has 18 heteroatoms. The van der Waals surface area contributed by atoms with E-state index in [-0.39, 0.29) is 47.3 Å². The van der Waals surface area contributed by atoms with Crippen LogP contribution < -0.4 is 31.9 Å². The summed E-state index contributed by atoms with van der Waals surface area (Å²) in [5.41, 5.74) is 12.9. The Balaban J connectivity index is 0.826. The van der Waals surface area contributed by atoms with Gasteiger partial charge in [-0.25, -0.2) is 9.97 Å². The third-order valence-electron chi connectivity index (χ3n) is 13.1. The summed E-state index contributed by atoms with van der Waals surface area (Å²) in [6.07, 6.45) is 10.9. The number of hydrogen-bond donors (Lipinski definition) is 4. The number of fused-ring (bicyclic) bond motifs is 1. The minimum Gasteiger partial charge on any atom is -0.403 e. The minimum absolute atomic E-state index is 0.00391. The van der Waals surface area contributed by atoms with Gasteiger partial charge in [-0.1, -0.05) is 0 Å². The highest BCUT2D eigenvalue weighted by Gasteiger charge is 2.50. The smallest absolute Gasteiger partial charge is 0.271 e. The number of aromatic nitrogens is 2. The quantitative estimate of drug-likeness (QED) is 0.195. The van der Waals surface area contributed by atoms with Crippen molar-refractivity contribution in [3.63, 3.8) is 0 Å². The number of nitrogens with one attached hydrogen (secondary N) is 2. The fourth-order valence-electron chi connectivity index (χ4n) is 9.83. The number of allylic oxidation sites excluding steroid dienone is 1. The first-order chi connectivity index (χ1) is 28.5. The second-order valence-corrected chi connectivity index (χ2v) is 16.6. The number of likely N-dealkylation sites (tertiary alicyclic amines) is 2. The zero-order valence-corrected chi connectivity index (χ0v) is 33.4. The molecule has 0 aliphatic carbocycles. The van der Waals surface area contributed by atoms with Gasteiger partial charge in [0, 0.05) is 76.9 Å². The molecule has 312 valence electrons. The lowest BCUT2D eigenvalue weighted by molar-refractivity contribution is -0.140. The van der Waals surface area contributed by atoms with Crippen LogP contribution in [-0.4, -0.2) is 138 Å². The zero-order chi connectivity index (χ0) is 41.4. The fraction of sp³-hybridized carbons (Fsp3) is 0.537. The van der Waals surface area contributed by atoms with E-state index >= 15 is 0 Å². The average molecular weight is 809 g/mol. The van der Waals surface area contributed by atoms with E-state index in [0.717, 1.165) is 101 Å². The van der Waals surface area contributed by atoms with Gasteiger partial charge in [-0.05, 0) is 88.6 Å². The van der Waals surface area contributed by atoms with Gasteiger partial charge < -0.3 is 36.4 Å². The number of benzene rings is 1. The van der Waals surface area contributed by atoms with E-state index in [1.54, 1.807) is 25.4 Å². The van der Waals surface area contributed by atoms with Crippen molar-refractivity contribution in [2.45, 2.75) is 69.9 Å². The Morgan fingerprint density at radius 1 is 0.966 bits per heavy atom. The van der Waals surface area contributed by atoms with Crippen molar-refractivity contribution < 1.29 is 28.8 Å². The molecule has 18 nitrogen and oxygen atoms in total. The Morgan fingerprint density at radius 2 is 1.71 bits per heavy atom. The van der Waals surface area contributed by atoms with Gasteiger partial charge in [0.05, 0.1) is 28.4 Å². The molecule has 6 aliphatic rings. The molecule has 8 rings (SSSR count). The number of anilines is 3. The summed E-state index contributed by atoms with van der Waals surface area (Å²) >= 11 is 0. The highest BCUT2D eigenvalue weighted by Crippen LogP contribution is 2.44. The lowest BCUT2D eigenvalue weighted by Gasteiger charge is -2.42. The molecular weight excluding hydrogens is 757 g/mol. The molecule has 1 spiro atoms. The molecule has 5 saturated heterocycles. The number of rotatable bonds is 10. The van der Waals surface area contributed by atoms with Gasteiger partial charge in [0.25, 0.3) is 17.7 Å². The van der Waals surface area contributed by atoms with Gasteiger partial charge in [0.15, 0.2) is 11.5 Å². The first-order valence-electron chi connectivity index (χ1n) is 20.7. The Kier molecular flexibility index (Phi) is 11.1. The number of hydrogen-bond acceptors (Lipinski definition) is 14. The number of aliphatic imine (C=N–C) groups is 1. The average Bonchev–Trinajstić information content (AvgIpc) is 3.69. The number of nitrogens with two attached hydrogens (primary N) is 2. The maximum absolute atomic E-state index is 14.2. The van der Waals surface area contributed by atoms with Gasteiger partial charge in [-0.15, -0.1) is 0 Å². The van der Waals surface area contributed by atoms with E-state index in [0.29, 0.717) is 29.5 Å². The number of carbonyl (C=O) groups excluding carboxylic acids is 6. The number of amides is 6. The Labute approximate surface area is 342 Å². The zero-order valence-electron chi connectivity index (χ0n) is 33.4. The summed E-state index contributed by atoms with van der Waals surface area (Å²) in [5.74, 6) is -1.16. The molecule has 0 radical (unpaired) electrons. The van der Waals surface area contributed by atoms with E-state index in [9.17, 15) is 28.8 Å². The van der Waals surface area contributed by atoms with E-state index < -0.39 is 35.6 Å². The molecule has 0 bridgehead atoms. The molecule has 6 N–H and O–H groups in total. The van der Waals surface area contributed by atoms with Crippen LogP contribution in [0, 0.1) is 11.3 Å². The van der Waals surface area contributed by atoms with Crippen molar-refractivity contribution in [1.82, 2.24) is 30.0 Å². The topological polar surface area (TPSA) is 233 Å². The Bertz CT molecular complexity index is 2110. The SMILES string of the molecule is CN=C/C(=C\N)Nc1nc(N2CCCC(N3CCC4(CCN(CC5CCN(c6ccc7c(c6)C(=O)N(C6CCC(=O)NC6=O)C7=O)CC5)CC4)C3=O)C2)cnc1C(N)=O. The Morgan fingerprint density at radius 3 is 2.42 bits per heavy atom. The largest absolute Gasteiger partial charge is 0.403 e. The van der Waals surface area contributed by atoms with Crippen molar-refractivity contribution in [3.05, 3.63) is 53.1 Å². The third kappa shape index (κ3) is 7.72. The van der Waals surface area contributed by atoms with Crippen molar-refractivity contribution in [1.29, 1.82) is 0 Å². The molecule has 2 atom stereocenters. The third-order valence-corrected chi connectivity index (χ3v) is 13.1. The van der Waals surface area contributed by atoms with Crippen molar-refractivity contribution in [3.8, 4) is 0 Å². The van der Waals surface area contributed by atoms with Crippen molar-refractivity contribution in [2.24, 2.45) is 27.8 Å². The molecule has 2 unspecified atom stereocenters. The number of nitrogens with zero attached hydrogens (tertiary/aromatic N) is 8. The normalized spacial score (nSPS) is 24.4. The monoisotopic (exact) mass is 808 g/mol. The van der Waals surface area contributed by atoms with E-state index in [1.165, 1.54) is 12.4 Å². The summed E-state index contributed by atoms with van der Waals surface area (Å²) in [6.45, 7) is 6.52. The van der Waals surface area contributed by atoms with Gasteiger partial charge in [-0.3, -0.25) is 44.0 Å². The van der Waals surface area contributed by atoms with Crippen LogP contribution in [0.2, 0.25) is 0 Å². The highest BCUT2D eigenvalue weighted by molar-refractivity contribution is 6.23. The van der Waals surface area contributed by atoms with E-state index in [4.69, 9.17) is 16.5 Å². The molecule has 5 fully saturated rings. The fourth-order valence-corrected chi connectivity index (χ4v) is 9.83. The first-order valence-corrected chi connectivity index (χ1v) is 20.7. The molecule has 59 heavy (non-hydrogen) atoms. The molecule has 6 amide bonds. The van der Waals surface area contributed by atoms with Gasteiger partial charge in [0.2, 0.25) is 17.7 Å². The van der Waals surface area contributed by atoms with Crippen LogP contribution in [-0.2, 0) is 14.4 Å². The van der Waals surface area contributed by atoms with Crippen LogP contribution in [0.1, 0.15) is 89.0 Å². The molecular formula is C41H52N12O6. The molecule has 7 heterocycles. The molecule has 6 aliphatic heterocycles. The number of piperidine rings is 4. The van der Waals surface area contributed by atoms with Gasteiger partial charge in [-0.2, -0.15) is 0 Å². The van der Waals surface area contributed by atoms with Crippen molar-refractivity contribution >= 4 is 59.0 Å². The summed E-state index contributed by atoms with van der Waals surface area (Å²) < 4.78 is 0. The highest BCUT2D eigenvalue weighted by atomic mass is 16.2. The Hall–Kier alpha value is -5.91. The van der Waals surface area contributed by atoms with Crippen LogP contribution in [0.5, 0.6) is 0 Å². The minimum atomic E-state index is -0.983. The van der Waals surface area contributed by atoms with Crippen LogP contribution in [0.15, 0.2) is 41.3 Å². The molecule has 2 aromatic rings. The lowest BCUT2D eigenvalue weighted by Crippen LogP contribution is -2.54. The summed E-state index contributed by atoms with van der Waals surface area (Å²) in [7, 11) is 1.61. The molecule has 1 aromatic carbocycles. The second kappa shape index (κ2) is 16.4. The maximum Gasteiger partial charge on any atom is 0.271 e. The van der Waals surface area contributed by atoms with Gasteiger partial charge in [0.1, 0.15) is 11.9 Å². The summed E-state index contributed by atoms with van der Waals surface area (Å²) in [4.78, 5) is 100.0. The molecule has 1 aromatic heterocycles. The van der Waals surface area contributed by atoms with E-state index in [2.05, 4.69) is 40.2 Å². The summed E-state index contributed by atoms with van der Waals surface area (Å²) in [5, 5.41) is 5.25. The summed E-state index contributed by atoms with van der Waals surface area (Å²) in [6, 6.07) is 4.39. The molecule has 0 saturated carbocycles. The number of primary amides is 1. The van der Waals surface area contributed by atoms with Crippen LogP contribution in [0.3, 0.4) is 0 Å². The maximum atomic E-state index is 14.2. The lowest BCUT2D eigenvalue weighted by atomic mass is 9.76. The van der Waals surface area contributed by atoms with Crippen LogP contribution in [0.4, 0.5) is 17.3 Å². The predicted octanol–water partition coefficient (Wildman–Crippen LogP) is 1.09. The van der Waals surface area contributed by atoms with Crippen LogP contribution in [0.25, 0.3) is 0 Å². The predicted molar refractivity (Wildman–Crippen MR) is 219 cm³/mol. The van der Waals surface area contributed by atoms with Crippen molar-refractivity contribution in [2.75, 3.05) is 74.5 Å². The van der Waals surface area contributed by atoms with Gasteiger partial charge >= 0.3 is 0 Å². The van der Waals surface area contributed by atoms with Crippen LogP contribution >= 0.6 is 0 Å². The second-order valence-electron chi connectivity index (χ2n) is 16.6.